The van der Waals surface area contributed by atoms with Crippen molar-refractivity contribution in [3.05, 3.63) is 104 Å². The van der Waals surface area contributed by atoms with Crippen LogP contribution in [0.25, 0.3) is 0 Å². The SMILES string of the molecule is O=C(O/N=C(\c1ccncc1)c1ccc([N+](=O)[O-])cc1)c1cccc(Br)c1. The topological polar surface area (TPSA) is 94.7 Å². The average Bonchev–Trinajstić information content (AvgIpc) is 2.69. The van der Waals surface area contributed by atoms with E-state index in [-0.39, 0.29) is 5.69 Å². The van der Waals surface area contributed by atoms with Crippen LogP contribution >= 0.6 is 15.9 Å². The van der Waals surface area contributed by atoms with Crippen LogP contribution in [-0.2, 0) is 4.84 Å². The van der Waals surface area contributed by atoms with E-state index in [1.165, 1.54) is 12.1 Å². The van der Waals surface area contributed by atoms with Gasteiger partial charge < -0.3 is 4.84 Å². The van der Waals surface area contributed by atoms with Crippen molar-refractivity contribution < 1.29 is 14.6 Å². The fraction of sp³-hybridized carbons (Fsp3) is 0. The lowest BCUT2D eigenvalue weighted by Crippen LogP contribution is -2.08. The molecule has 134 valence electrons. The molecule has 3 aromatic rings. The van der Waals surface area contributed by atoms with Crippen molar-refractivity contribution >= 4 is 33.3 Å². The molecule has 2 aromatic carbocycles. The van der Waals surface area contributed by atoms with Gasteiger partial charge in [-0.2, -0.15) is 0 Å². The van der Waals surface area contributed by atoms with Crippen molar-refractivity contribution in [3.8, 4) is 0 Å². The summed E-state index contributed by atoms with van der Waals surface area (Å²) in [5, 5.41) is 14.8. The number of pyridine rings is 1. The summed E-state index contributed by atoms with van der Waals surface area (Å²) in [6, 6.07) is 16.0. The Hall–Kier alpha value is -3.39. The third-order valence-corrected chi connectivity index (χ3v) is 4.08. The number of benzene rings is 2. The first-order valence-corrected chi connectivity index (χ1v) is 8.54. The number of nitro benzene ring substituents is 1. The highest BCUT2D eigenvalue weighted by atomic mass is 79.9. The second-order valence-electron chi connectivity index (χ2n) is 5.37. The number of nitrogens with zero attached hydrogens (tertiary/aromatic N) is 3. The first-order chi connectivity index (χ1) is 13.0. The molecule has 8 heteroatoms. The smallest absolute Gasteiger partial charge is 0.312 e. The fourth-order valence-corrected chi connectivity index (χ4v) is 2.68. The number of rotatable bonds is 5. The summed E-state index contributed by atoms with van der Waals surface area (Å²) < 4.78 is 0.741. The minimum absolute atomic E-state index is 0.0426. The van der Waals surface area contributed by atoms with Gasteiger partial charge in [0.2, 0.25) is 0 Å². The Morgan fingerprint density at radius 1 is 1.00 bits per heavy atom. The molecule has 0 unspecified atom stereocenters. The summed E-state index contributed by atoms with van der Waals surface area (Å²) in [6.07, 6.45) is 3.15. The monoisotopic (exact) mass is 425 g/mol. The molecule has 0 saturated carbocycles. The molecule has 0 amide bonds. The maximum Gasteiger partial charge on any atom is 0.365 e. The van der Waals surface area contributed by atoms with E-state index < -0.39 is 10.9 Å². The van der Waals surface area contributed by atoms with Gasteiger partial charge in [0.05, 0.1) is 10.5 Å². The molecule has 0 fully saturated rings. The fourth-order valence-electron chi connectivity index (χ4n) is 2.28. The van der Waals surface area contributed by atoms with Crippen LogP contribution in [0, 0.1) is 10.1 Å². The van der Waals surface area contributed by atoms with Gasteiger partial charge in [-0.15, -0.1) is 0 Å². The van der Waals surface area contributed by atoms with Crippen molar-refractivity contribution in [2.75, 3.05) is 0 Å². The molecule has 0 aliphatic carbocycles. The Kier molecular flexibility index (Phi) is 5.68. The predicted octanol–water partition coefficient (Wildman–Crippen LogP) is 4.36. The minimum atomic E-state index is -0.621. The van der Waals surface area contributed by atoms with Crippen molar-refractivity contribution in [2.24, 2.45) is 5.16 Å². The third kappa shape index (κ3) is 4.62. The van der Waals surface area contributed by atoms with E-state index in [9.17, 15) is 14.9 Å². The van der Waals surface area contributed by atoms with E-state index in [4.69, 9.17) is 4.84 Å². The van der Waals surface area contributed by atoms with Crippen LogP contribution in [0.3, 0.4) is 0 Å². The molecular weight excluding hydrogens is 414 g/mol. The first-order valence-electron chi connectivity index (χ1n) is 7.75. The predicted molar refractivity (Wildman–Crippen MR) is 103 cm³/mol. The van der Waals surface area contributed by atoms with E-state index in [1.807, 2.05) is 0 Å². The van der Waals surface area contributed by atoms with E-state index in [2.05, 4.69) is 26.1 Å². The molecule has 0 aliphatic rings. The highest BCUT2D eigenvalue weighted by Gasteiger charge is 2.13. The zero-order valence-corrected chi connectivity index (χ0v) is 15.4. The van der Waals surface area contributed by atoms with Crippen LogP contribution in [0.1, 0.15) is 21.5 Å². The largest absolute Gasteiger partial charge is 0.365 e. The number of carbonyl (C=O) groups excluding carboxylic acids is 1. The number of halogens is 1. The second-order valence-corrected chi connectivity index (χ2v) is 6.28. The second kappa shape index (κ2) is 8.33. The van der Waals surface area contributed by atoms with E-state index in [0.717, 1.165) is 4.47 Å². The summed E-state index contributed by atoms with van der Waals surface area (Å²) in [4.78, 5) is 31.7. The molecule has 0 radical (unpaired) electrons. The lowest BCUT2D eigenvalue weighted by Gasteiger charge is -2.07. The summed E-state index contributed by atoms with van der Waals surface area (Å²) in [7, 11) is 0. The number of carbonyl (C=O) groups is 1. The molecule has 0 saturated heterocycles. The Labute approximate surface area is 162 Å². The van der Waals surface area contributed by atoms with Gasteiger partial charge in [0, 0.05) is 40.1 Å². The van der Waals surface area contributed by atoms with Gasteiger partial charge in [0.25, 0.3) is 5.69 Å². The normalized spacial score (nSPS) is 11.1. The van der Waals surface area contributed by atoms with Crippen molar-refractivity contribution in [1.29, 1.82) is 0 Å². The van der Waals surface area contributed by atoms with Gasteiger partial charge in [0.1, 0.15) is 5.71 Å². The molecular formula is C19H12BrN3O4. The molecule has 0 bridgehead atoms. The molecule has 1 aromatic heterocycles. The van der Waals surface area contributed by atoms with Gasteiger partial charge in [-0.1, -0.05) is 27.2 Å². The first kappa shape index (κ1) is 18.4. The summed E-state index contributed by atoms with van der Waals surface area (Å²) in [5.41, 5.74) is 1.87. The van der Waals surface area contributed by atoms with E-state index in [0.29, 0.717) is 22.4 Å². The number of aromatic nitrogens is 1. The number of hydrogen-bond donors (Lipinski definition) is 0. The van der Waals surface area contributed by atoms with E-state index in [1.54, 1.807) is 60.9 Å². The van der Waals surface area contributed by atoms with Gasteiger partial charge in [-0.25, -0.2) is 4.79 Å². The standard InChI is InChI=1S/C19H12BrN3O4/c20-16-3-1-2-15(12-16)19(24)27-22-18(14-8-10-21-11-9-14)13-4-6-17(7-5-13)23(25)26/h1-12H/b22-18-. The highest BCUT2D eigenvalue weighted by Crippen LogP contribution is 2.17. The zero-order chi connectivity index (χ0) is 19.2. The number of oxime groups is 1. The Balaban J connectivity index is 1.93. The third-order valence-electron chi connectivity index (χ3n) is 3.59. The van der Waals surface area contributed by atoms with Crippen molar-refractivity contribution in [3.63, 3.8) is 0 Å². The van der Waals surface area contributed by atoms with Crippen LogP contribution in [0.2, 0.25) is 0 Å². The Bertz CT molecular complexity index is 1000. The molecule has 0 atom stereocenters. The quantitative estimate of drug-likeness (QED) is 0.262. The Morgan fingerprint density at radius 3 is 2.30 bits per heavy atom. The molecule has 3 rings (SSSR count). The van der Waals surface area contributed by atoms with Crippen LogP contribution in [0.4, 0.5) is 5.69 Å². The van der Waals surface area contributed by atoms with Gasteiger partial charge in [-0.3, -0.25) is 15.1 Å². The Morgan fingerprint density at radius 2 is 1.67 bits per heavy atom. The van der Waals surface area contributed by atoms with Crippen molar-refractivity contribution in [1.82, 2.24) is 4.98 Å². The number of non-ortho nitro benzene ring substituents is 1. The number of hydrogen-bond acceptors (Lipinski definition) is 6. The van der Waals surface area contributed by atoms with Gasteiger partial charge in [0.15, 0.2) is 0 Å². The minimum Gasteiger partial charge on any atom is -0.312 e. The average molecular weight is 426 g/mol. The maximum absolute atomic E-state index is 12.3. The summed E-state index contributed by atoms with van der Waals surface area (Å²) in [6.45, 7) is 0. The van der Waals surface area contributed by atoms with Crippen LogP contribution in [0.5, 0.6) is 0 Å². The lowest BCUT2D eigenvalue weighted by atomic mass is 10.0. The van der Waals surface area contributed by atoms with Gasteiger partial charge >= 0.3 is 5.97 Å². The lowest BCUT2D eigenvalue weighted by molar-refractivity contribution is -0.384. The summed E-state index contributed by atoms with van der Waals surface area (Å²) in [5.74, 6) is -0.621. The molecule has 7 nitrogen and oxygen atoms in total. The van der Waals surface area contributed by atoms with Gasteiger partial charge in [-0.05, 0) is 42.5 Å². The summed E-state index contributed by atoms with van der Waals surface area (Å²) >= 11 is 3.30. The van der Waals surface area contributed by atoms with E-state index >= 15 is 0 Å². The zero-order valence-electron chi connectivity index (χ0n) is 13.8. The molecule has 0 N–H and O–H groups in total. The number of nitro groups is 1. The maximum atomic E-state index is 12.3. The molecule has 27 heavy (non-hydrogen) atoms. The molecule has 1 heterocycles. The van der Waals surface area contributed by atoms with Crippen LogP contribution < -0.4 is 0 Å². The van der Waals surface area contributed by atoms with Crippen LogP contribution in [0.15, 0.2) is 82.7 Å². The molecule has 0 spiro atoms. The van der Waals surface area contributed by atoms with Crippen LogP contribution in [-0.4, -0.2) is 21.6 Å². The van der Waals surface area contributed by atoms with Crippen molar-refractivity contribution in [2.45, 2.75) is 0 Å². The highest BCUT2D eigenvalue weighted by molar-refractivity contribution is 9.10. The molecule has 0 aliphatic heterocycles.